The van der Waals surface area contributed by atoms with Crippen molar-refractivity contribution in [2.75, 3.05) is 11.9 Å². The first-order valence-corrected chi connectivity index (χ1v) is 7.28. The first kappa shape index (κ1) is 17.4. The lowest BCUT2D eigenvalue weighted by Crippen LogP contribution is -2.23. The highest BCUT2D eigenvalue weighted by atomic mass is 16.5. The highest BCUT2D eigenvalue weighted by Gasteiger charge is 2.19. The summed E-state index contributed by atoms with van der Waals surface area (Å²) in [4.78, 5) is 34.7. The molecule has 2 rings (SSSR count). The number of aliphatic hydroxyl groups excluding tert-OH is 1. The summed E-state index contributed by atoms with van der Waals surface area (Å²) in [5, 5.41) is 12.4. The highest BCUT2D eigenvalue weighted by molar-refractivity contribution is 5.96. The van der Waals surface area contributed by atoms with E-state index in [0.717, 1.165) is 0 Å². The minimum atomic E-state index is -1.44. The molecule has 0 radical (unpaired) electrons. The molecule has 24 heavy (non-hydrogen) atoms. The molecule has 6 heteroatoms. The van der Waals surface area contributed by atoms with Gasteiger partial charge in [0.25, 0.3) is 5.91 Å². The van der Waals surface area contributed by atoms with E-state index in [-0.39, 0.29) is 5.78 Å². The number of esters is 1. The van der Waals surface area contributed by atoms with E-state index in [2.05, 4.69) is 5.32 Å². The molecule has 0 aliphatic heterocycles. The predicted octanol–water partition coefficient (Wildman–Crippen LogP) is 2.10. The zero-order chi connectivity index (χ0) is 17.5. The number of hydrogen-bond donors (Lipinski definition) is 2. The van der Waals surface area contributed by atoms with Crippen LogP contribution in [0.5, 0.6) is 0 Å². The highest BCUT2D eigenvalue weighted by Crippen LogP contribution is 2.14. The van der Waals surface area contributed by atoms with E-state index in [0.29, 0.717) is 16.8 Å². The zero-order valence-corrected chi connectivity index (χ0v) is 13.1. The molecule has 124 valence electrons. The number of benzene rings is 2. The van der Waals surface area contributed by atoms with E-state index >= 15 is 0 Å². The van der Waals surface area contributed by atoms with Crippen molar-refractivity contribution in [3.05, 3.63) is 65.7 Å². The van der Waals surface area contributed by atoms with E-state index in [1.165, 1.54) is 6.92 Å². The number of rotatable bonds is 6. The number of carbonyl (C=O) groups excluding carboxylic acids is 3. The van der Waals surface area contributed by atoms with Crippen molar-refractivity contribution >= 4 is 23.3 Å². The number of amides is 1. The third kappa shape index (κ3) is 4.76. The maximum Gasteiger partial charge on any atom is 0.340 e. The first-order valence-electron chi connectivity index (χ1n) is 7.28. The van der Waals surface area contributed by atoms with E-state index in [1.807, 2.05) is 0 Å². The van der Waals surface area contributed by atoms with Crippen molar-refractivity contribution in [3.8, 4) is 0 Å². The number of nitrogens with one attached hydrogen (secondary N) is 1. The van der Waals surface area contributed by atoms with Crippen LogP contribution < -0.4 is 5.32 Å². The summed E-state index contributed by atoms with van der Waals surface area (Å²) < 4.78 is 4.80. The molecule has 0 aliphatic rings. The van der Waals surface area contributed by atoms with Crippen molar-refractivity contribution in [1.29, 1.82) is 0 Å². The molecule has 0 spiro atoms. The Morgan fingerprint density at radius 1 is 1.04 bits per heavy atom. The topological polar surface area (TPSA) is 92.7 Å². The van der Waals surface area contributed by atoms with Crippen LogP contribution in [0.25, 0.3) is 0 Å². The van der Waals surface area contributed by atoms with Crippen LogP contribution in [0.3, 0.4) is 0 Å². The Morgan fingerprint density at radius 2 is 1.67 bits per heavy atom. The molecular weight excluding hydrogens is 310 g/mol. The maximum absolute atomic E-state index is 11.8. The molecule has 1 amide bonds. The quantitative estimate of drug-likeness (QED) is 0.626. The third-order valence-corrected chi connectivity index (χ3v) is 3.26. The van der Waals surface area contributed by atoms with Crippen molar-refractivity contribution in [2.45, 2.75) is 13.0 Å². The summed E-state index contributed by atoms with van der Waals surface area (Å²) in [5.74, 6) is -1.51. The second-order valence-corrected chi connectivity index (χ2v) is 5.10. The molecule has 0 saturated carbocycles. The van der Waals surface area contributed by atoms with Gasteiger partial charge in [0.2, 0.25) is 0 Å². The molecule has 0 heterocycles. The Morgan fingerprint density at radius 3 is 2.25 bits per heavy atom. The van der Waals surface area contributed by atoms with Crippen LogP contribution in [0.2, 0.25) is 0 Å². The van der Waals surface area contributed by atoms with Gasteiger partial charge in [-0.25, -0.2) is 4.79 Å². The van der Waals surface area contributed by atoms with Crippen LogP contribution in [0.1, 0.15) is 28.9 Å². The van der Waals surface area contributed by atoms with E-state index in [1.54, 1.807) is 54.6 Å². The maximum atomic E-state index is 11.8. The number of Topliss-reactive ketones (excluding diaryl/α,β-unsaturated/α-hetero) is 1. The van der Waals surface area contributed by atoms with Gasteiger partial charge in [0, 0.05) is 11.3 Å². The van der Waals surface area contributed by atoms with E-state index in [4.69, 9.17) is 4.74 Å². The Labute approximate surface area is 139 Å². The van der Waals surface area contributed by atoms with Gasteiger partial charge in [-0.1, -0.05) is 30.3 Å². The molecule has 0 fully saturated rings. The van der Waals surface area contributed by atoms with Crippen LogP contribution >= 0.6 is 0 Å². The average molecular weight is 327 g/mol. The Hall–Kier alpha value is -2.99. The number of ether oxygens (including phenoxy) is 1. The summed E-state index contributed by atoms with van der Waals surface area (Å²) in [5.41, 5.74) is 1.40. The summed E-state index contributed by atoms with van der Waals surface area (Å²) in [7, 11) is 0. The SMILES string of the molecule is CC(=O)c1ccc(NC(=O)COC(=O)[C@H](O)c2ccccc2)cc1. The van der Waals surface area contributed by atoms with Crippen molar-refractivity contribution < 1.29 is 24.2 Å². The van der Waals surface area contributed by atoms with Gasteiger partial charge >= 0.3 is 5.97 Å². The lowest BCUT2D eigenvalue weighted by Gasteiger charge is -2.11. The molecule has 2 aromatic rings. The average Bonchev–Trinajstić information content (AvgIpc) is 2.60. The minimum absolute atomic E-state index is 0.0725. The van der Waals surface area contributed by atoms with Crippen LogP contribution in [0.4, 0.5) is 5.69 Å². The summed E-state index contributed by atoms with van der Waals surface area (Å²) in [6, 6.07) is 14.6. The molecular formula is C18H17NO5. The molecule has 2 aromatic carbocycles. The molecule has 6 nitrogen and oxygen atoms in total. The summed E-state index contributed by atoms with van der Waals surface area (Å²) in [6.07, 6.45) is -1.44. The van der Waals surface area contributed by atoms with Gasteiger partial charge in [0.05, 0.1) is 0 Å². The number of carbonyl (C=O) groups is 3. The van der Waals surface area contributed by atoms with Crippen molar-refractivity contribution in [1.82, 2.24) is 0 Å². The normalized spacial score (nSPS) is 11.4. The molecule has 0 aromatic heterocycles. The van der Waals surface area contributed by atoms with Crippen LogP contribution in [0, 0.1) is 0 Å². The van der Waals surface area contributed by atoms with Crippen molar-refractivity contribution in [2.24, 2.45) is 0 Å². The van der Waals surface area contributed by atoms with Crippen LogP contribution in [0.15, 0.2) is 54.6 Å². The van der Waals surface area contributed by atoms with Gasteiger partial charge in [-0.05, 0) is 36.8 Å². The number of ketones is 1. The molecule has 2 N–H and O–H groups in total. The fourth-order valence-corrected chi connectivity index (χ4v) is 1.97. The summed E-state index contributed by atoms with van der Waals surface area (Å²) >= 11 is 0. The van der Waals surface area contributed by atoms with Crippen LogP contribution in [-0.4, -0.2) is 29.4 Å². The predicted molar refractivity (Wildman–Crippen MR) is 87.4 cm³/mol. The fraction of sp³-hybridized carbons (Fsp3) is 0.167. The standard InChI is InChI=1S/C18H17NO5/c1-12(20)13-7-9-15(10-8-13)19-16(21)11-24-18(23)17(22)14-5-3-2-4-6-14/h2-10,17,22H,11H2,1H3,(H,19,21)/t17-/m1/s1. The Bertz CT molecular complexity index is 725. The van der Waals surface area contributed by atoms with Gasteiger partial charge in [-0.3, -0.25) is 9.59 Å². The van der Waals surface area contributed by atoms with E-state index in [9.17, 15) is 19.5 Å². The first-order chi connectivity index (χ1) is 11.5. The Kier molecular flexibility index (Phi) is 5.81. The third-order valence-electron chi connectivity index (χ3n) is 3.26. The van der Waals surface area contributed by atoms with E-state index < -0.39 is 24.6 Å². The fourth-order valence-electron chi connectivity index (χ4n) is 1.97. The molecule has 0 aliphatic carbocycles. The molecule has 0 saturated heterocycles. The lowest BCUT2D eigenvalue weighted by atomic mass is 10.1. The Balaban J connectivity index is 1.84. The number of hydrogen-bond acceptors (Lipinski definition) is 5. The van der Waals surface area contributed by atoms with Crippen LogP contribution in [-0.2, 0) is 14.3 Å². The zero-order valence-electron chi connectivity index (χ0n) is 13.1. The second-order valence-electron chi connectivity index (χ2n) is 5.10. The van der Waals surface area contributed by atoms with Crippen molar-refractivity contribution in [3.63, 3.8) is 0 Å². The molecule has 0 unspecified atom stereocenters. The molecule has 0 bridgehead atoms. The smallest absolute Gasteiger partial charge is 0.340 e. The largest absolute Gasteiger partial charge is 0.453 e. The van der Waals surface area contributed by atoms with Gasteiger partial charge < -0.3 is 15.2 Å². The van der Waals surface area contributed by atoms with Gasteiger partial charge in [-0.15, -0.1) is 0 Å². The summed E-state index contributed by atoms with van der Waals surface area (Å²) in [6.45, 7) is 0.933. The minimum Gasteiger partial charge on any atom is -0.453 e. The number of aliphatic hydroxyl groups is 1. The molecule has 1 atom stereocenters. The van der Waals surface area contributed by atoms with Gasteiger partial charge in [-0.2, -0.15) is 0 Å². The monoisotopic (exact) mass is 327 g/mol. The van der Waals surface area contributed by atoms with Gasteiger partial charge in [0.15, 0.2) is 18.5 Å². The van der Waals surface area contributed by atoms with Gasteiger partial charge in [0.1, 0.15) is 0 Å². The number of anilines is 1. The second kappa shape index (κ2) is 8.03. The lowest BCUT2D eigenvalue weighted by molar-refractivity contribution is -0.156.